The molecule has 0 aromatic carbocycles. The summed E-state index contributed by atoms with van der Waals surface area (Å²) in [4.78, 5) is 27.6. The van der Waals surface area contributed by atoms with E-state index in [0.717, 1.165) is 25.1 Å². The Bertz CT molecular complexity index is 599. The summed E-state index contributed by atoms with van der Waals surface area (Å²) in [6.45, 7) is 6.44. The number of aryl methyl sites for hydroxylation is 1. The summed E-state index contributed by atoms with van der Waals surface area (Å²) in [5.41, 5.74) is 1.32. The van der Waals surface area contributed by atoms with E-state index in [9.17, 15) is 9.59 Å². The van der Waals surface area contributed by atoms with Gasteiger partial charge in [-0.1, -0.05) is 20.8 Å². The molecule has 0 spiro atoms. The highest BCUT2D eigenvalue weighted by Crippen LogP contribution is 2.22. The minimum atomic E-state index is -0.494. The molecular formula is C15H23N3O3. The molecule has 116 valence electrons. The molecule has 0 fully saturated rings. The topological polar surface area (TPSA) is 83.2 Å². The summed E-state index contributed by atoms with van der Waals surface area (Å²) in [7, 11) is 1.52. The van der Waals surface area contributed by atoms with Crippen molar-refractivity contribution >= 4 is 11.6 Å². The van der Waals surface area contributed by atoms with Gasteiger partial charge in [0, 0.05) is 17.7 Å². The van der Waals surface area contributed by atoms with E-state index in [4.69, 9.17) is 4.74 Å². The smallest absolute Gasteiger partial charge is 0.225 e. The number of anilines is 1. The number of methoxy groups -OCH3 is 1. The van der Waals surface area contributed by atoms with Gasteiger partial charge in [0.15, 0.2) is 5.88 Å². The molecule has 21 heavy (non-hydrogen) atoms. The molecular weight excluding hydrogens is 270 g/mol. The van der Waals surface area contributed by atoms with Gasteiger partial charge in [-0.25, -0.2) is 0 Å². The van der Waals surface area contributed by atoms with Gasteiger partial charge in [0.05, 0.1) is 19.2 Å². The molecule has 0 unspecified atom stereocenters. The van der Waals surface area contributed by atoms with Crippen LogP contribution in [-0.4, -0.2) is 24.5 Å². The van der Waals surface area contributed by atoms with Gasteiger partial charge in [0.2, 0.25) is 11.3 Å². The van der Waals surface area contributed by atoms with Crippen LogP contribution < -0.4 is 20.8 Å². The maximum absolute atomic E-state index is 12.5. The Labute approximate surface area is 124 Å². The number of carbonyl (C=O) groups excluding carboxylic acids is 1. The fourth-order valence-corrected chi connectivity index (χ4v) is 2.29. The number of ether oxygens (including phenoxy) is 1. The molecule has 1 amide bonds. The lowest BCUT2D eigenvalue weighted by atomic mass is 9.95. The van der Waals surface area contributed by atoms with Crippen LogP contribution in [0.4, 0.5) is 5.69 Å². The Morgan fingerprint density at radius 1 is 1.38 bits per heavy atom. The van der Waals surface area contributed by atoms with E-state index in [2.05, 4.69) is 15.6 Å². The van der Waals surface area contributed by atoms with Crippen LogP contribution in [-0.2, 0) is 17.8 Å². The van der Waals surface area contributed by atoms with Crippen LogP contribution >= 0.6 is 0 Å². The van der Waals surface area contributed by atoms with Gasteiger partial charge < -0.3 is 20.4 Å². The minimum Gasteiger partial charge on any atom is -0.482 e. The summed E-state index contributed by atoms with van der Waals surface area (Å²) < 4.78 is 5.28. The number of nitrogens with one attached hydrogen (secondary N) is 3. The van der Waals surface area contributed by atoms with E-state index in [0.29, 0.717) is 17.1 Å². The molecule has 6 heteroatoms. The van der Waals surface area contributed by atoms with Crippen molar-refractivity contribution < 1.29 is 9.53 Å². The van der Waals surface area contributed by atoms with Crippen LogP contribution in [0.2, 0.25) is 0 Å². The van der Waals surface area contributed by atoms with Crippen molar-refractivity contribution in [1.82, 2.24) is 10.3 Å². The largest absolute Gasteiger partial charge is 0.482 e. The highest BCUT2D eigenvalue weighted by atomic mass is 16.5. The normalized spacial score (nSPS) is 14.1. The van der Waals surface area contributed by atoms with Crippen molar-refractivity contribution in [1.29, 1.82) is 0 Å². The second kappa shape index (κ2) is 5.79. The van der Waals surface area contributed by atoms with Crippen LogP contribution in [0.3, 0.4) is 0 Å². The van der Waals surface area contributed by atoms with Gasteiger partial charge in [-0.15, -0.1) is 0 Å². The van der Waals surface area contributed by atoms with Gasteiger partial charge >= 0.3 is 0 Å². The summed E-state index contributed by atoms with van der Waals surface area (Å²) in [6, 6.07) is 0. The van der Waals surface area contributed by atoms with Crippen molar-refractivity contribution in [3.63, 3.8) is 0 Å². The van der Waals surface area contributed by atoms with E-state index in [1.54, 1.807) is 0 Å². The van der Waals surface area contributed by atoms with Gasteiger partial charge in [-0.05, 0) is 12.8 Å². The number of H-pyrrole nitrogens is 1. The van der Waals surface area contributed by atoms with Crippen molar-refractivity contribution in [2.45, 2.75) is 40.2 Å². The molecule has 0 saturated carbocycles. The molecule has 3 N–H and O–H groups in total. The minimum absolute atomic E-state index is 0.102. The Kier molecular flexibility index (Phi) is 4.25. The number of aromatic amines is 1. The average Bonchev–Trinajstić information content (AvgIpc) is 2.44. The Balaban J connectivity index is 2.30. The summed E-state index contributed by atoms with van der Waals surface area (Å²) in [5.74, 6) is 0.325. The molecule has 2 heterocycles. The van der Waals surface area contributed by atoms with Crippen LogP contribution in [0, 0.1) is 5.41 Å². The SMILES string of the molecule is COc1[nH]c2c(c(=O)c1CNC(=O)C(C)(C)C)NCCC2. The van der Waals surface area contributed by atoms with Crippen LogP contribution in [0.1, 0.15) is 38.4 Å². The number of carbonyl (C=O) groups is 1. The predicted molar refractivity (Wildman–Crippen MR) is 81.7 cm³/mol. The summed E-state index contributed by atoms with van der Waals surface area (Å²) in [6.07, 6.45) is 1.80. The van der Waals surface area contributed by atoms with Gasteiger partial charge in [-0.3, -0.25) is 9.59 Å². The number of pyridine rings is 1. The number of hydrogen-bond acceptors (Lipinski definition) is 4. The van der Waals surface area contributed by atoms with Crippen LogP contribution in [0.5, 0.6) is 5.88 Å². The fraction of sp³-hybridized carbons (Fsp3) is 0.600. The number of fused-ring (bicyclic) bond motifs is 1. The third kappa shape index (κ3) is 3.20. The first-order chi connectivity index (χ1) is 9.84. The maximum Gasteiger partial charge on any atom is 0.225 e. The van der Waals surface area contributed by atoms with Gasteiger partial charge in [-0.2, -0.15) is 0 Å². The average molecular weight is 293 g/mol. The lowest BCUT2D eigenvalue weighted by Crippen LogP contribution is -2.36. The molecule has 0 saturated heterocycles. The van der Waals surface area contributed by atoms with E-state index in [1.165, 1.54) is 7.11 Å². The standard InChI is InChI=1S/C15H23N3O3/c1-15(2,3)14(20)17-8-9-12(19)11-10(6-5-7-16-11)18-13(9)21-4/h16H,5-8H2,1-4H3,(H,17,20)(H,18,19). The number of hydrogen-bond donors (Lipinski definition) is 3. The molecule has 1 aromatic heterocycles. The van der Waals surface area contributed by atoms with E-state index in [1.807, 2.05) is 20.8 Å². The van der Waals surface area contributed by atoms with Gasteiger partial charge in [0.1, 0.15) is 5.69 Å². The molecule has 2 rings (SSSR count). The second-order valence-electron chi connectivity index (χ2n) is 6.28. The molecule has 0 bridgehead atoms. The van der Waals surface area contributed by atoms with E-state index < -0.39 is 5.41 Å². The third-order valence-electron chi connectivity index (χ3n) is 3.56. The summed E-state index contributed by atoms with van der Waals surface area (Å²) >= 11 is 0. The monoisotopic (exact) mass is 293 g/mol. The van der Waals surface area contributed by atoms with Gasteiger partial charge in [0.25, 0.3) is 0 Å². The first-order valence-corrected chi connectivity index (χ1v) is 7.18. The van der Waals surface area contributed by atoms with Crippen molar-refractivity contribution in [2.75, 3.05) is 19.0 Å². The third-order valence-corrected chi connectivity index (χ3v) is 3.56. The van der Waals surface area contributed by atoms with Crippen molar-refractivity contribution in [3.8, 4) is 5.88 Å². The predicted octanol–water partition coefficient (Wildman–Crippen LogP) is 1.40. The quantitative estimate of drug-likeness (QED) is 0.786. The van der Waals surface area contributed by atoms with Crippen LogP contribution in [0.15, 0.2) is 4.79 Å². The molecule has 0 aliphatic carbocycles. The fourth-order valence-electron chi connectivity index (χ4n) is 2.29. The van der Waals surface area contributed by atoms with Crippen molar-refractivity contribution in [3.05, 3.63) is 21.5 Å². The number of amides is 1. The van der Waals surface area contributed by atoms with Crippen LogP contribution in [0.25, 0.3) is 0 Å². The lowest BCUT2D eigenvalue weighted by molar-refractivity contribution is -0.128. The molecule has 1 aromatic rings. The molecule has 1 aliphatic heterocycles. The zero-order chi connectivity index (χ0) is 15.6. The number of aromatic nitrogens is 1. The van der Waals surface area contributed by atoms with Crippen molar-refractivity contribution in [2.24, 2.45) is 5.41 Å². The Morgan fingerprint density at radius 3 is 2.71 bits per heavy atom. The van der Waals surface area contributed by atoms with E-state index in [-0.39, 0.29) is 17.9 Å². The first-order valence-electron chi connectivity index (χ1n) is 7.18. The number of rotatable bonds is 3. The summed E-state index contributed by atoms with van der Waals surface area (Å²) in [5, 5.41) is 5.92. The molecule has 6 nitrogen and oxygen atoms in total. The maximum atomic E-state index is 12.5. The van der Waals surface area contributed by atoms with E-state index >= 15 is 0 Å². The first kappa shape index (κ1) is 15.4. The zero-order valence-electron chi connectivity index (χ0n) is 13.1. The highest BCUT2D eigenvalue weighted by molar-refractivity contribution is 5.81. The molecule has 0 atom stereocenters. The second-order valence-corrected chi connectivity index (χ2v) is 6.28. The molecule has 1 aliphatic rings. The zero-order valence-corrected chi connectivity index (χ0v) is 13.1. The Hall–Kier alpha value is -1.98. The molecule has 0 radical (unpaired) electrons. The highest BCUT2D eigenvalue weighted by Gasteiger charge is 2.23. The Morgan fingerprint density at radius 2 is 2.10 bits per heavy atom. The lowest BCUT2D eigenvalue weighted by Gasteiger charge is -2.21.